The van der Waals surface area contributed by atoms with E-state index in [1.54, 1.807) is 0 Å². The Bertz CT molecular complexity index is 1630. The Morgan fingerprint density at radius 2 is 0.956 bits per heavy atom. The zero-order valence-corrected chi connectivity index (χ0v) is 48.8. The van der Waals surface area contributed by atoms with E-state index in [0.717, 1.165) is 50.4 Å². The maximum absolute atomic E-state index is 12.4. The molecule has 3 atom stereocenters. The second-order valence-electron chi connectivity index (χ2n) is 22.1. The summed E-state index contributed by atoms with van der Waals surface area (Å²) in [5.41, 5.74) is 13.0. The van der Waals surface area contributed by atoms with Gasteiger partial charge in [0.05, 0.1) is 24.2 Å². The quantitative estimate of drug-likeness (QED) is 0.0121. The molecular formula is C49H96N4O11Si4. The van der Waals surface area contributed by atoms with Crippen molar-refractivity contribution in [2.24, 2.45) is 47.0 Å². The van der Waals surface area contributed by atoms with Gasteiger partial charge in [0.2, 0.25) is 11.8 Å². The Morgan fingerprint density at radius 1 is 0.603 bits per heavy atom. The van der Waals surface area contributed by atoms with Crippen LogP contribution in [0, 0.1) is 35.5 Å². The number of aliphatic carboxylic acids is 2. The summed E-state index contributed by atoms with van der Waals surface area (Å²) < 4.78 is 17.4. The molecule has 0 aromatic heterocycles. The average molecular weight is 1030 g/mol. The monoisotopic (exact) mass is 1030 g/mol. The number of amides is 2. The molecule has 15 nitrogen and oxygen atoms in total. The van der Waals surface area contributed by atoms with Crippen molar-refractivity contribution in [1.82, 2.24) is 10.6 Å². The second kappa shape index (κ2) is 32.8. The largest absolute Gasteiger partial charge is 0.481 e. The fourth-order valence-electron chi connectivity index (χ4n) is 8.11. The zero-order valence-electron chi connectivity index (χ0n) is 44.8. The minimum atomic E-state index is -2.10. The van der Waals surface area contributed by atoms with Crippen LogP contribution in [0.1, 0.15) is 99.3 Å². The highest BCUT2D eigenvalue weighted by Crippen LogP contribution is 2.28. The molecule has 8 N–H and O–H groups in total. The van der Waals surface area contributed by atoms with Gasteiger partial charge in [0.1, 0.15) is 0 Å². The molecular weight excluding hydrogens is 933 g/mol. The Kier molecular flexibility index (Phi) is 32.3. The van der Waals surface area contributed by atoms with E-state index < -0.39 is 74.9 Å². The maximum Gasteiger partial charge on any atom is 0.321 e. The van der Waals surface area contributed by atoms with Crippen LogP contribution in [-0.2, 0) is 41.7 Å². The van der Waals surface area contributed by atoms with E-state index in [1.807, 2.05) is 41.5 Å². The van der Waals surface area contributed by atoms with Gasteiger partial charge in [-0.25, -0.2) is 0 Å². The van der Waals surface area contributed by atoms with Gasteiger partial charge in [0.25, 0.3) is 0 Å². The number of hydrogen-bond donors (Lipinski definition) is 6. The number of hydrogen-bond acceptors (Lipinski definition) is 11. The van der Waals surface area contributed by atoms with Gasteiger partial charge >= 0.3 is 23.9 Å². The van der Waals surface area contributed by atoms with E-state index in [9.17, 15) is 39.0 Å². The van der Waals surface area contributed by atoms with Crippen LogP contribution in [0.2, 0.25) is 76.6 Å². The molecule has 68 heavy (non-hydrogen) atoms. The van der Waals surface area contributed by atoms with Crippen molar-refractivity contribution in [1.29, 1.82) is 0 Å². The first-order valence-corrected chi connectivity index (χ1v) is 37.1. The van der Waals surface area contributed by atoms with Crippen molar-refractivity contribution in [3.63, 3.8) is 0 Å². The fourth-order valence-corrected chi connectivity index (χ4v) is 25.6. The molecule has 0 bridgehead atoms. The standard InChI is InChI=1S/C29H54N2O7Si2.C10H28N2OSi2.C10H14O3/c1-20(2)16-22(5)24(28(34)35)18-26(32)30-12-11-14-39(7,8)38-40(9,10)15-13-31-27(33)19-25(29(36)37)23(6)17-21(3)4;1-14(2,9-5-7-11)13-15(3,4)10-6-8-12;1-6(2)4-7(3)8-5-9(11)13-10(8)12/h20-21,24-25H,5-6,11-19H2,1-4,7-10H3,(H,30,32)(H,31,33)(H,34,35)(H,36,37);5-12H2,1-4H3;6,8H,3-5H2,1-2H3. The van der Waals surface area contributed by atoms with Crippen LogP contribution in [0.25, 0.3) is 0 Å². The summed E-state index contributed by atoms with van der Waals surface area (Å²) in [6.45, 7) is 43.8. The smallest absolute Gasteiger partial charge is 0.321 e. The summed E-state index contributed by atoms with van der Waals surface area (Å²) in [6, 6.07) is 3.90. The molecule has 0 spiro atoms. The number of carboxylic acid groups (broad SMARTS) is 2. The molecule has 1 aliphatic rings. The molecule has 0 saturated carbocycles. The van der Waals surface area contributed by atoms with Crippen LogP contribution in [0.15, 0.2) is 36.5 Å². The van der Waals surface area contributed by atoms with E-state index in [2.05, 4.69) is 87.5 Å². The first-order chi connectivity index (χ1) is 31.1. The van der Waals surface area contributed by atoms with Gasteiger partial charge in [-0.3, -0.25) is 28.8 Å². The molecule has 0 aromatic carbocycles. The molecule has 1 fully saturated rings. The van der Waals surface area contributed by atoms with Gasteiger partial charge in [0, 0.05) is 25.9 Å². The lowest BCUT2D eigenvalue weighted by atomic mass is 9.90. The lowest BCUT2D eigenvalue weighted by molar-refractivity contribution is -0.153. The van der Waals surface area contributed by atoms with Crippen molar-refractivity contribution in [2.75, 3.05) is 26.2 Å². The molecule has 19 heteroatoms. The number of carbonyl (C=O) groups is 6. The van der Waals surface area contributed by atoms with Crippen molar-refractivity contribution in [3.05, 3.63) is 36.5 Å². The van der Waals surface area contributed by atoms with Crippen LogP contribution in [0.4, 0.5) is 0 Å². The molecule has 1 heterocycles. The molecule has 394 valence electrons. The fraction of sp³-hybridized carbons (Fsp3) is 0.755. The van der Waals surface area contributed by atoms with Crippen molar-refractivity contribution in [3.8, 4) is 0 Å². The second-order valence-corrected chi connectivity index (χ2v) is 39.8. The maximum atomic E-state index is 12.4. The number of carbonyl (C=O) groups excluding carboxylic acids is 4. The summed E-state index contributed by atoms with van der Waals surface area (Å²) in [5, 5.41) is 24.7. The molecule has 0 radical (unpaired) electrons. The number of cyclic esters (lactones) is 2. The number of rotatable bonds is 32. The van der Waals surface area contributed by atoms with Crippen LogP contribution >= 0.6 is 0 Å². The van der Waals surface area contributed by atoms with Gasteiger partial charge in [-0.1, -0.05) is 78.0 Å². The summed E-state index contributed by atoms with van der Waals surface area (Å²) in [4.78, 5) is 69.9. The van der Waals surface area contributed by atoms with E-state index in [4.69, 9.17) is 19.7 Å². The highest BCUT2D eigenvalue weighted by Gasteiger charge is 2.36. The SMILES string of the molecule is C=C(CC(C)C)C(CC(=O)NCCC[Si](C)(C)O[Si](C)(C)CCNC(=O)CC(C(=C)CC(C)C)C(=O)O)C(=O)O.C=C(CC(C)C)C1CC(=O)OC1=O.C[Si](C)(CCCN)O[Si](C)(C)CCCN. The van der Waals surface area contributed by atoms with E-state index >= 15 is 0 Å². The van der Waals surface area contributed by atoms with Gasteiger partial charge in [0.15, 0.2) is 33.3 Å². The summed E-state index contributed by atoms with van der Waals surface area (Å²) in [6.07, 6.45) is 4.78. The number of nitrogens with one attached hydrogen (secondary N) is 2. The predicted octanol–water partition coefficient (Wildman–Crippen LogP) is 9.21. The lowest BCUT2D eigenvalue weighted by Gasteiger charge is -2.34. The minimum Gasteiger partial charge on any atom is -0.481 e. The van der Waals surface area contributed by atoms with Crippen LogP contribution in [-0.4, -0.2) is 105 Å². The molecule has 2 amide bonds. The van der Waals surface area contributed by atoms with E-state index in [-0.39, 0.29) is 42.9 Å². The van der Waals surface area contributed by atoms with E-state index in [1.165, 1.54) is 12.1 Å². The Balaban J connectivity index is 0. The minimum absolute atomic E-state index is 0.108. The van der Waals surface area contributed by atoms with Crippen LogP contribution in [0.3, 0.4) is 0 Å². The first-order valence-electron chi connectivity index (χ1n) is 24.7. The third kappa shape index (κ3) is 32.7. The Labute approximate surface area is 415 Å². The summed E-state index contributed by atoms with van der Waals surface area (Å²) in [5.74, 6) is -4.66. The van der Waals surface area contributed by atoms with Gasteiger partial charge in [-0.15, -0.1) is 0 Å². The van der Waals surface area contributed by atoms with Crippen molar-refractivity contribution in [2.45, 2.75) is 176 Å². The van der Waals surface area contributed by atoms with Crippen molar-refractivity contribution >= 4 is 69.0 Å². The number of ether oxygens (including phenoxy) is 1. The topological polar surface area (TPSA) is 247 Å². The summed E-state index contributed by atoms with van der Waals surface area (Å²) in [7, 11) is -7.09. The molecule has 3 unspecified atom stereocenters. The van der Waals surface area contributed by atoms with Crippen LogP contribution in [0.5, 0.6) is 0 Å². The van der Waals surface area contributed by atoms with Crippen molar-refractivity contribution < 1.29 is 51.9 Å². The normalized spacial score (nSPS) is 15.1. The third-order valence-corrected chi connectivity index (χ3v) is 26.1. The molecule has 0 aliphatic carbocycles. The Hall–Kier alpha value is -3.05. The molecule has 1 aliphatic heterocycles. The molecule has 1 rings (SSSR count). The summed E-state index contributed by atoms with van der Waals surface area (Å²) >= 11 is 0. The number of nitrogens with two attached hydrogens (primary N) is 2. The molecule has 1 saturated heterocycles. The zero-order chi connectivity index (χ0) is 53.2. The predicted molar refractivity (Wildman–Crippen MR) is 286 cm³/mol. The third-order valence-electron chi connectivity index (χ3n) is 11.1. The van der Waals surface area contributed by atoms with Gasteiger partial charge in [-0.2, -0.15) is 0 Å². The lowest BCUT2D eigenvalue weighted by Crippen LogP contribution is -2.46. The van der Waals surface area contributed by atoms with E-state index in [0.29, 0.717) is 49.0 Å². The number of carboxylic acids is 2. The van der Waals surface area contributed by atoms with Gasteiger partial charge in [-0.05, 0) is 146 Å². The molecule has 0 aromatic rings. The highest BCUT2D eigenvalue weighted by molar-refractivity contribution is 6.85. The van der Waals surface area contributed by atoms with Gasteiger partial charge < -0.3 is 45.3 Å². The highest BCUT2D eigenvalue weighted by atomic mass is 28.4. The first kappa shape index (κ1) is 67.0. The average Bonchev–Trinajstić information content (AvgIpc) is 3.51. The number of esters is 2. The Morgan fingerprint density at radius 3 is 1.28 bits per heavy atom. The van der Waals surface area contributed by atoms with Crippen LogP contribution < -0.4 is 22.1 Å².